The molecule has 0 saturated carbocycles. The van der Waals surface area contributed by atoms with Crippen LogP contribution in [0.5, 0.6) is 0 Å². The molecule has 0 bridgehead atoms. The molecule has 0 aliphatic carbocycles. The van der Waals surface area contributed by atoms with Gasteiger partial charge in [-0.2, -0.15) is 0 Å². The Morgan fingerprint density at radius 1 is 0.290 bits per heavy atom. The van der Waals surface area contributed by atoms with Crippen molar-refractivity contribution in [3.05, 3.63) is 0 Å². The number of carbonyl (C=O) groups excluding carboxylic acids is 4. The number of aliphatic hydroxyl groups excluding tert-OH is 1. The third kappa shape index (κ3) is 73.0. The van der Waals surface area contributed by atoms with Gasteiger partial charge in [0.25, 0.3) is 0 Å². The fourth-order valence-electron chi connectivity index (χ4n) is 12.5. The summed E-state index contributed by atoms with van der Waals surface area (Å²) in [6.45, 7) is 11.9. The van der Waals surface area contributed by atoms with Gasteiger partial charge in [-0.1, -0.05) is 370 Å². The molecule has 0 aromatic carbocycles. The van der Waals surface area contributed by atoms with E-state index in [2.05, 4.69) is 48.5 Å². The van der Waals surface area contributed by atoms with Gasteiger partial charge in [-0.15, -0.1) is 0 Å². The third-order valence-corrected chi connectivity index (χ3v) is 21.1. The monoisotopic (exact) mass is 1470 g/mol. The number of hydrogen-bond acceptors (Lipinski definition) is 15. The maximum absolute atomic E-state index is 13.1. The number of hydrogen-bond donors (Lipinski definition) is 3. The second kappa shape index (κ2) is 71.3. The van der Waals surface area contributed by atoms with Crippen molar-refractivity contribution in [1.29, 1.82) is 0 Å². The molecule has 3 N–H and O–H groups in total. The molecule has 19 heteroatoms. The highest BCUT2D eigenvalue weighted by Gasteiger charge is 2.30. The lowest BCUT2D eigenvalue weighted by molar-refractivity contribution is -0.161. The van der Waals surface area contributed by atoms with Crippen molar-refractivity contribution in [2.75, 3.05) is 39.6 Å². The molecular weight excluding hydrogens is 1310 g/mol. The van der Waals surface area contributed by atoms with E-state index in [0.29, 0.717) is 25.7 Å². The molecular formula is C81H158O17P2. The lowest BCUT2D eigenvalue weighted by Crippen LogP contribution is -2.30. The van der Waals surface area contributed by atoms with Crippen molar-refractivity contribution < 1.29 is 80.2 Å². The van der Waals surface area contributed by atoms with Crippen LogP contribution in [0.3, 0.4) is 0 Å². The van der Waals surface area contributed by atoms with E-state index in [0.717, 1.165) is 114 Å². The second-order valence-electron chi connectivity index (χ2n) is 30.4. The molecule has 0 fully saturated rings. The van der Waals surface area contributed by atoms with Crippen LogP contribution in [0.15, 0.2) is 0 Å². The first-order valence-electron chi connectivity index (χ1n) is 41.9. The summed E-state index contributed by atoms with van der Waals surface area (Å²) in [5.41, 5.74) is 0. The minimum Gasteiger partial charge on any atom is -0.462 e. The van der Waals surface area contributed by atoms with Crippen molar-refractivity contribution in [3.63, 3.8) is 0 Å². The Labute approximate surface area is 613 Å². The van der Waals surface area contributed by atoms with E-state index in [1.54, 1.807) is 0 Å². The van der Waals surface area contributed by atoms with Gasteiger partial charge in [0.1, 0.15) is 19.3 Å². The van der Waals surface area contributed by atoms with Gasteiger partial charge in [0.15, 0.2) is 12.2 Å². The highest BCUT2D eigenvalue weighted by Crippen LogP contribution is 2.45. The number of esters is 4. The molecule has 6 atom stereocenters. The number of unbranched alkanes of at least 4 members (excludes halogenated alkanes) is 46. The maximum atomic E-state index is 13.1. The summed E-state index contributed by atoms with van der Waals surface area (Å²) in [6, 6.07) is 0. The molecule has 100 heavy (non-hydrogen) atoms. The van der Waals surface area contributed by atoms with E-state index in [-0.39, 0.29) is 25.7 Å². The van der Waals surface area contributed by atoms with Crippen LogP contribution in [0.1, 0.15) is 421 Å². The average Bonchev–Trinajstić information content (AvgIpc) is 0.983. The van der Waals surface area contributed by atoms with E-state index in [9.17, 15) is 43.2 Å². The molecule has 0 rings (SSSR count). The van der Waals surface area contributed by atoms with Gasteiger partial charge in [0.2, 0.25) is 0 Å². The van der Waals surface area contributed by atoms with Gasteiger partial charge in [0.05, 0.1) is 26.4 Å². The van der Waals surface area contributed by atoms with Gasteiger partial charge in [0, 0.05) is 25.7 Å². The molecule has 0 aromatic rings. The number of carbonyl (C=O) groups is 4. The van der Waals surface area contributed by atoms with Crippen molar-refractivity contribution in [2.24, 2.45) is 17.8 Å². The van der Waals surface area contributed by atoms with Crippen LogP contribution in [0, 0.1) is 17.8 Å². The van der Waals surface area contributed by atoms with Crippen LogP contribution in [0.25, 0.3) is 0 Å². The number of rotatable bonds is 79. The van der Waals surface area contributed by atoms with E-state index >= 15 is 0 Å². The van der Waals surface area contributed by atoms with Gasteiger partial charge < -0.3 is 33.8 Å². The summed E-state index contributed by atoms with van der Waals surface area (Å²) in [6.07, 6.45) is 59.7. The lowest BCUT2D eigenvalue weighted by atomic mass is 10.00. The van der Waals surface area contributed by atoms with Gasteiger partial charge in [-0.3, -0.25) is 37.3 Å². The first kappa shape index (κ1) is 98.1. The Morgan fingerprint density at radius 2 is 0.510 bits per heavy atom. The predicted octanol–water partition coefficient (Wildman–Crippen LogP) is 24.1. The fraction of sp³-hybridized carbons (Fsp3) is 0.951. The van der Waals surface area contributed by atoms with Crippen molar-refractivity contribution >= 4 is 39.5 Å². The van der Waals surface area contributed by atoms with E-state index in [1.165, 1.54) is 225 Å². The first-order chi connectivity index (χ1) is 48.3. The van der Waals surface area contributed by atoms with Crippen LogP contribution < -0.4 is 0 Å². The summed E-state index contributed by atoms with van der Waals surface area (Å²) in [5.74, 6) is 0.206. The minimum absolute atomic E-state index is 0.106. The molecule has 0 aliphatic rings. The minimum atomic E-state index is -4.96. The largest absolute Gasteiger partial charge is 0.472 e. The Hall–Kier alpha value is -1.94. The van der Waals surface area contributed by atoms with Crippen LogP contribution in [0.2, 0.25) is 0 Å². The quantitative estimate of drug-likeness (QED) is 0.0222. The Kier molecular flexibility index (Phi) is 69.9. The number of phosphoric acid groups is 2. The van der Waals surface area contributed by atoms with E-state index in [1.807, 2.05) is 0 Å². The van der Waals surface area contributed by atoms with Gasteiger partial charge in [-0.05, 0) is 43.4 Å². The standard InChI is InChI=1S/C81H158O17P2/c1-8-10-11-12-13-14-15-16-17-21-24-30-35-40-48-55-62-78(83)91-68-76(97-80(85)64-57-50-41-36-31-25-22-19-18-20-23-28-33-38-45-52-59-72(3)4)70-95-99(87,88)93-66-75(82)67-94-100(89,90)96-71-77(69-92-79(84)63-56-49-44-43-47-54-61-74(7)9-2)98-81(86)65-58-51-42-37-32-27-26-29-34-39-46-53-60-73(5)6/h72-77,82H,8-71H2,1-7H3,(H,87,88)(H,89,90)/t74?,75-,76-,77-/m1/s1. The number of ether oxygens (including phenoxy) is 4. The van der Waals surface area contributed by atoms with Crippen molar-refractivity contribution in [2.45, 2.75) is 439 Å². The SMILES string of the molecule is CCCCCCCCCCCCCCCCCCC(=O)OC[C@H](COP(=O)(O)OC[C@@H](O)COP(=O)(O)OC[C@@H](COC(=O)CCCCCCCCC(C)CC)OC(=O)CCCCCCCCCCCCCCC(C)C)OC(=O)CCCCCCCCCCCCCCCCCCC(C)C. The van der Waals surface area contributed by atoms with Crippen molar-refractivity contribution in [1.82, 2.24) is 0 Å². The van der Waals surface area contributed by atoms with Crippen LogP contribution in [-0.2, 0) is 65.4 Å². The van der Waals surface area contributed by atoms with Crippen LogP contribution >= 0.6 is 15.6 Å². The molecule has 0 saturated heterocycles. The Bertz CT molecular complexity index is 1940. The predicted molar refractivity (Wildman–Crippen MR) is 409 cm³/mol. The molecule has 0 aliphatic heterocycles. The summed E-state index contributed by atoms with van der Waals surface area (Å²) in [5, 5.41) is 10.6. The molecule has 17 nitrogen and oxygen atoms in total. The molecule has 0 aromatic heterocycles. The Morgan fingerprint density at radius 3 is 0.760 bits per heavy atom. The lowest BCUT2D eigenvalue weighted by Gasteiger charge is -2.21. The second-order valence-corrected chi connectivity index (χ2v) is 33.3. The summed E-state index contributed by atoms with van der Waals surface area (Å²) in [4.78, 5) is 73.0. The molecule has 0 amide bonds. The summed E-state index contributed by atoms with van der Waals surface area (Å²) < 4.78 is 68.7. The zero-order chi connectivity index (χ0) is 73.7. The summed E-state index contributed by atoms with van der Waals surface area (Å²) >= 11 is 0. The third-order valence-electron chi connectivity index (χ3n) is 19.2. The highest BCUT2D eigenvalue weighted by atomic mass is 31.2. The molecule has 0 heterocycles. The zero-order valence-corrected chi connectivity index (χ0v) is 67.5. The smallest absolute Gasteiger partial charge is 0.462 e. The molecule has 0 radical (unpaired) electrons. The average molecular weight is 1470 g/mol. The zero-order valence-electron chi connectivity index (χ0n) is 65.7. The van der Waals surface area contributed by atoms with Gasteiger partial charge in [-0.25, -0.2) is 9.13 Å². The Balaban J connectivity index is 5.25. The van der Waals surface area contributed by atoms with E-state index < -0.39 is 97.5 Å². The highest BCUT2D eigenvalue weighted by molar-refractivity contribution is 7.47. The normalized spacial score (nSPS) is 14.2. The topological polar surface area (TPSA) is 237 Å². The first-order valence-corrected chi connectivity index (χ1v) is 44.9. The number of phosphoric ester groups is 2. The fourth-order valence-corrected chi connectivity index (χ4v) is 14.0. The maximum Gasteiger partial charge on any atom is 0.472 e. The number of aliphatic hydroxyl groups is 1. The molecule has 3 unspecified atom stereocenters. The van der Waals surface area contributed by atoms with Crippen molar-refractivity contribution in [3.8, 4) is 0 Å². The van der Waals surface area contributed by atoms with Gasteiger partial charge >= 0.3 is 39.5 Å². The van der Waals surface area contributed by atoms with Crippen LogP contribution in [-0.4, -0.2) is 96.7 Å². The van der Waals surface area contributed by atoms with Crippen LogP contribution in [0.4, 0.5) is 0 Å². The molecule has 594 valence electrons. The molecule has 0 spiro atoms. The van der Waals surface area contributed by atoms with E-state index in [4.69, 9.17) is 37.0 Å². The summed E-state index contributed by atoms with van der Waals surface area (Å²) in [7, 11) is -9.92.